The Labute approximate surface area is 158 Å². The Bertz CT molecular complexity index is 794. The van der Waals surface area contributed by atoms with Crippen LogP contribution in [0.15, 0.2) is 48.5 Å². The molecule has 0 radical (unpaired) electrons. The van der Waals surface area contributed by atoms with E-state index in [1.807, 2.05) is 50.2 Å². The maximum atomic E-state index is 12.9. The summed E-state index contributed by atoms with van der Waals surface area (Å²) < 4.78 is 0. The van der Waals surface area contributed by atoms with Crippen LogP contribution >= 0.6 is 11.6 Å². The average molecular weight is 371 g/mol. The normalized spacial score (nSPS) is 15.2. The summed E-state index contributed by atoms with van der Waals surface area (Å²) in [4.78, 5) is 24.7. The zero-order valence-electron chi connectivity index (χ0n) is 15.0. The van der Waals surface area contributed by atoms with Gasteiger partial charge in [0.05, 0.1) is 5.41 Å². The fourth-order valence-corrected chi connectivity index (χ4v) is 3.25. The van der Waals surface area contributed by atoms with Gasteiger partial charge in [-0.2, -0.15) is 0 Å². The van der Waals surface area contributed by atoms with Crippen molar-refractivity contribution < 1.29 is 9.59 Å². The molecule has 0 unspecified atom stereocenters. The van der Waals surface area contributed by atoms with Gasteiger partial charge in [0, 0.05) is 22.3 Å². The first-order valence-corrected chi connectivity index (χ1v) is 9.27. The summed E-state index contributed by atoms with van der Waals surface area (Å²) in [5, 5.41) is 6.53. The van der Waals surface area contributed by atoms with Gasteiger partial charge in [0.2, 0.25) is 11.8 Å². The van der Waals surface area contributed by atoms with Crippen LogP contribution in [0.3, 0.4) is 0 Å². The zero-order chi connectivity index (χ0) is 18.7. The van der Waals surface area contributed by atoms with E-state index >= 15 is 0 Å². The molecule has 0 aliphatic heterocycles. The minimum atomic E-state index is -0.477. The lowest BCUT2D eigenvalue weighted by atomic mass is 9.64. The average Bonchev–Trinajstić information content (AvgIpc) is 2.57. The smallest absolute Gasteiger partial charge is 0.235 e. The van der Waals surface area contributed by atoms with Crippen LogP contribution < -0.4 is 10.6 Å². The van der Waals surface area contributed by atoms with Gasteiger partial charge in [0.25, 0.3) is 0 Å². The lowest BCUT2D eigenvalue weighted by molar-refractivity contribution is -0.124. The number of benzene rings is 2. The summed E-state index contributed by atoms with van der Waals surface area (Å²) in [5.74, 6) is -0.102. The van der Waals surface area contributed by atoms with Crippen molar-refractivity contribution in [3.63, 3.8) is 0 Å². The number of amides is 2. The Hall–Kier alpha value is -2.33. The molecule has 5 heteroatoms. The zero-order valence-corrected chi connectivity index (χ0v) is 15.8. The van der Waals surface area contributed by atoms with E-state index in [1.165, 1.54) is 0 Å². The number of hydrogen-bond donors (Lipinski definition) is 2. The Morgan fingerprint density at radius 2 is 1.46 bits per heavy atom. The molecular weight excluding hydrogens is 348 g/mol. The summed E-state index contributed by atoms with van der Waals surface area (Å²) in [6.45, 7) is 3.69. The van der Waals surface area contributed by atoms with Crippen molar-refractivity contribution in [2.75, 3.05) is 10.6 Å². The highest BCUT2D eigenvalue weighted by atomic mass is 35.5. The van der Waals surface area contributed by atoms with Gasteiger partial charge in [-0.25, -0.2) is 0 Å². The second-order valence-electron chi connectivity index (χ2n) is 7.12. The van der Waals surface area contributed by atoms with Gasteiger partial charge in [-0.05, 0) is 54.8 Å². The fourth-order valence-electron chi connectivity index (χ4n) is 3.12. The van der Waals surface area contributed by atoms with Gasteiger partial charge >= 0.3 is 0 Å². The molecule has 2 aromatic rings. The summed E-state index contributed by atoms with van der Waals surface area (Å²) >= 11 is 5.97. The molecule has 1 fully saturated rings. The highest BCUT2D eigenvalue weighted by Gasteiger charge is 2.45. The molecule has 1 saturated carbocycles. The van der Waals surface area contributed by atoms with Crippen LogP contribution in [0.5, 0.6) is 0 Å². The van der Waals surface area contributed by atoms with Crippen molar-refractivity contribution in [3.05, 3.63) is 59.1 Å². The molecule has 0 atom stereocenters. The molecule has 1 aliphatic carbocycles. The van der Waals surface area contributed by atoms with Crippen LogP contribution in [-0.2, 0) is 15.0 Å². The van der Waals surface area contributed by atoms with E-state index in [1.54, 1.807) is 12.1 Å². The highest BCUT2D eigenvalue weighted by Crippen LogP contribution is 2.44. The molecule has 0 aromatic heterocycles. The molecule has 4 nitrogen and oxygen atoms in total. The lowest BCUT2D eigenvalue weighted by Crippen LogP contribution is -2.45. The number of halogens is 1. The van der Waals surface area contributed by atoms with Crippen LogP contribution in [0.2, 0.25) is 5.02 Å². The largest absolute Gasteiger partial charge is 0.326 e. The molecule has 2 N–H and O–H groups in total. The van der Waals surface area contributed by atoms with E-state index < -0.39 is 5.41 Å². The second-order valence-corrected chi connectivity index (χ2v) is 7.55. The molecular formula is C21H23ClN2O2. The van der Waals surface area contributed by atoms with Crippen molar-refractivity contribution in [1.82, 2.24) is 0 Å². The maximum absolute atomic E-state index is 12.9. The van der Waals surface area contributed by atoms with Crippen LogP contribution in [0, 0.1) is 5.92 Å². The van der Waals surface area contributed by atoms with Crippen molar-refractivity contribution in [2.45, 2.75) is 38.5 Å². The van der Waals surface area contributed by atoms with Crippen LogP contribution in [0.1, 0.15) is 38.7 Å². The van der Waals surface area contributed by atoms with Crippen molar-refractivity contribution in [1.29, 1.82) is 0 Å². The monoisotopic (exact) mass is 370 g/mol. The maximum Gasteiger partial charge on any atom is 0.235 e. The predicted molar refractivity (Wildman–Crippen MR) is 106 cm³/mol. The molecule has 2 aromatic carbocycles. The predicted octanol–water partition coefficient (Wildman–Crippen LogP) is 4.99. The second kappa shape index (κ2) is 7.50. The Morgan fingerprint density at radius 1 is 0.923 bits per heavy atom. The number of rotatable bonds is 5. The molecule has 3 rings (SSSR count). The first-order valence-electron chi connectivity index (χ1n) is 8.89. The number of nitrogens with one attached hydrogen (secondary N) is 2. The summed E-state index contributed by atoms with van der Waals surface area (Å²) in [7, 11) is 0. The molecule has 1 aliphatic rings. The molecule has 2 amide bonds. The minimum absolute atomic E-state index is 0.00467. The minimum Gasteiger partial charge on any atom is -0.326 e. The number of carbonyl (C=O) groups excluding carboxylic acids is 2. The van der Waals surface area contributed by atoms with Crippen LogP contribution in [0.4, 0.5) is 11.4 Å². The third-order valence-corrected chi connectivity index (χ3v) is 5.23. The Kier molecular flexibility index (Phi) is 5.33. The van der Waals surface area contributed by atoms with Gasteiger partial charge in [-0.3, -0.25) is 9.59 Å². The third-order valence-electron chi connectivity index (χ3n) is 4.97. The van der Waals surface area contributed by atoms with Crippen molar-refractivity contribution in [3.8, 4) is 0 Å². The lowest BCUT2D eigenvalue weighted by Gasteiger charge is -2.40. The number of anilines is 2. The Balaban J connectivity index is 1.70. The van der Waals surface area contributed by atoms with E-state index in [9.17, 15) is 9.59 Å². The van der Waals surface area contributed by atoms with Crippen LogP contribution in [-0.4, -0.2) is 11.8 Å². The van der Waals surface area contributed by atoms with Gasteiger partial charge in [0.1, 0.15) is 0 Å². The number of hydrogen-bond acceptors (Lipinski definition) is 2. The molecule has 0 saturated heterocycles. The van der Waals surface area contributed by atoms with Gasteiger partial charge < -0.3 is 10.6 Å². The summed E-state index contributed by atoms with van der Waals surface area (Å²) in [5.41, 5.74) is 1.97. The van der Waals surface area contributed by atoms with E-state index in [0.717, 1.165) is 36.2 Å². The molecule has 0 bridgehead atoms. The number of carbonyl (C=O) groups is 2. The van der Waals surface area contributed by atoms with E-state index in [-0.39, 0.29) is 17.7 Å². The van der Waals surface area contributed by atoms with Gasteiger partial charge in [-0.1, -0.05) is 44.0 Å². The SMILES string of the molecule is CC(C)C(=O)Nc1ccc(NC(=O)C2(c3ccc(Cl)cc3)CCC2)cc1. The summed E-state index contributed by atoms with van der Waals surface area (Å²) in [6, 6.07) is 14.7. The molecule has 0 spiro atoms. The topological polar surface area (TPSA) is 58.2 Å². The van der Waals surface area contributed by atoms with E-state index in [4.69, 9.17) is 11.6 Å². The molecule has 136 valence electrons. The highest BCUT2D eigenvalue weighted by molar-refractivity contribution is 6.30. The van der Waals surface area contributed by atoms with Gasteiger partial charge in [0.15, 0.2) is 0 Å². The van der Waals surface area contributed by atoms with Crippen LogP contribution in [0.25, 0.3) is 0 Å². The van der Waals surface area contributed by atoms with Crippen molar-refractivity contribution >= 4 is 34.8 Å². The quantitative estimate of drug-likeness (QED) is 0.778. The van der Waals surface area contributed by atoms with Gasteiger partial charge in [-0.15, -0.1) is 0 Å². The fraction of sp³-hybridized carbons (Fsp3) is 0.333. The standard InChI is InChI=1S/C21H23ClN2O2/c1-14(2)19(25)23-17-8-10-18(11-9-17)24-20(26)21(12-3-13-21)15-4-6-16(22)7-5-15/h4-11,14H,3,12-13H2,1-2H3,(H,23,25)(H,24,26). The third kappa shape index (κ3) is 3.75. The van der Waals surface area contributed by atoms with E-state index in [0.29, 0.717) is 5.02 Å². The first kappa shape index (κ1) is 18.5. The summed E-state index contributed by atoms with van der Waals surface area (Å²) in [6.07, 6.45) is 2.71. The van der Waals surface area contributed by atoms with E-state index in [2.05, 4.69) is 10.6 Å². The molecule has 0 heterocycles. The van der Waals surface area contributed by atoms with Crippen molar-refractivity contribution in [2.24, 2.45) is 5.92 Å². The first-order chi connectivity index (χ1) is 12.4. The molecule has 26 heavy (non-hydrogen) atoms. The Morgan fingerprint density at radius 3 is 1.92 bits per heavy atom.